The number of carbonyl (C=O) groups is 1. The van der Waals surface area contributed by atoms with E-state index in [0.717, 1.165) is 5.82 Å². The first kappa shape index (κ1) is 19.1. The third-order valence-electron chi connectivity index (χ3n) is 3.48. The maximum Gasteiger partial charge on any atom is 0.340 e. The summed E-state index contributed by atoms with van der Waals surface area (Å²) in [5, 5.41) is 0. The van der Waals surface area contributed by atoms with E-state index in [1.54, 1.807) is 44.6 Å². The second-order valence-corrected chi connectivity index (χ2v) is 7.81. The molecule has 0 aliphatic carbocycles. The monoisotopic (exact) mass is 367 g/mol. The van der Waals surface area contributed by atoms with E-state index in [0.29, 0.717) is 18.5 Å². The second kappa shape index (κ2) is 7.75. The summed E-state index contributed by atoms with van der Waals surface area (Å²) in [6.07, 6.45) is 7.13. The molecule has 0 saturated heterocycles. The zero-order valence-electron chi connectivity index (χ0n) is 14.1. The molecule has 0 saturated carbocycles. The fourth-order valence-corrected chi connectivity index (χ4v) is 2.91. The van der Waals surface area contributed by atoms with Crippen LogP contribution in [-0.4, -0.2) is 40.3 Å². The highest BCUT2D eigenvalue weighted by atomic mass is 32.2. The van der Waals surface area contributed by atoms with Crippen molar-refractivity contribution in [3.05, 3.63) is 48.3 Å². The van der Waals surface area contributed by atoms with Crippen LogP contribution in [0.15, 0.2) is 36.9 Å². The SMILES string of the molecule is CC(C)(C[n+]1cc[nH]c1CCCS(=O)(=O)[O-])OC(=O)c1cccnc1. The van der Waals surface area contributed by atoms with Gasteiger partial charge in [0.05, 0.1) is 22.1 Å². The predicted octanol–water partition coefficient (Wildman–Crippen LogP) is 0.811. The fraction of sp³-hybridized carbons (Fsp3) is 0.438. The zero-order valence-corrected chi connectivity index (χ0v) is 15.0. The lowest BCUT2D eigenvalue weighted by Crippen LogP contribution is -2.48. The summed E-state index contributed by atoms with van der Waals surface area (Å²) in [6, 6.07) is 3.29. The molecule has 2 aromatic heterocycles. The number of esters is 1. The number of pyridine rings is 1. The lowest BCUT2D eigenvalue weighted by Gasteiger charge is -2.23. The number of nitrogens with zero attached hydrogens (tertiary/aromatic N) is 2. The van der Waals surface area contributed by atoms with Crippen molar-refractivity contribution >= 4 is 16.1 Å². The molecule has 0 atom stereocenters. The Hall–Kier alpha value is -2.26. The normalized spacial score (nSPS) is 12.1. The van der Waals surface area contributed by atoms with Crippen molar-refractivity contribution in [2.24, 2.45) is 0 Å². The maximum absolute atomic E-state index is 12.2. The first-order chi connectivity index (χ1) is 11.7. The van der Waals surface area contributed by atoms with Crippen LogP contribution in [0.5, 0.6) is 0 Å². The van der Waals surface area contributed by atoms with Gasteiger partial charge in [0.1, 0.15) is 24.5 Å². The molecule has 25 heavy (non-hydrogen) atoms. The molecular formula is C16H21N3O5S. The molecule has 0 amide bonds. The number of aromatic amines is 1. The van der Waals surface area contributed by atoms with E-state index in [-0.39, 0.29) is 6.42 Å². The average Bonchev–Trinajstić information content (AvgIpc) is 2.93. The van der Waals surface area contributed by atoms with E-state index in [9.17, 15) is 17.8 Å². The molecule has 0 aliphatic heterocycles. The molecule has 0 bridgehead atoms. The molecule has 0 unspecified atom stereocenters. The minimum atomic E-state index is -4.22. The van der Waals surface area contributed by atoms with Crippen molar-refractivity contribution in [2.45, 2.75) is 38.8 Å². The van der Waals surface area contributed by atoms with Gasteiger partial charge in [-0.05, 0) is 32.4 Å². The number of carbonyl (C=O) groups excluding carboxylic acids is 1. The molecule has 2 heterocycles. The van der Waals surface area contributed by atoms with E-state index in [2.05, 4.69) is 9.97 Å². The van der Waals surface area contributed by atoms with Gasteiger partial charge in [-0.1, -0.05) is 0 Å². The van der Waals surface area contributed by atoms with Crippen LogP contribution in [0.25, 0.3) is 0 Å². The number of rotatable bonds is 8. The van der Waals surface area contributed by atoms with E-state index >= 15 is 0 Å². The molecule has 2 aromatic rings. The van der Waals surface area contributed by atoms with Crippen molar-refractivity contribution in [3.63, 3.8) is 0 Å². The average molecular weight is 367 g/mol. The van der Waals surface area contributed by atoms with Crippen LogP contribution in [-0.2, 0) is 27.8 Å². The summed E-state index contributed by atoms with van der Waals surface area (Å²) in [4.78, 5) is 19.1. The van der Waals surface area contributed by atoms with Crippen molar-refractivity contribution in [3.8, 4) is 0 Å². The Bertz CT molecular complexity index is 815. The number of ether oxygens (including phenoxy) is 1. The number of hydrogen-bond acceptors (Lipinski definition) is 6. The molecule has 0 radical (unpaired) electrons. The van der Waals surface area contributed by atoms with Gasteiger partial charge in [0.15, 0.2) is 0 Å². The van der Waals surface area contributed by atoms with E-state index in [4.69, 9.17) is 4.74 Å². The van der Waals surface area contributed by atoms with Gasteiger partial charge in [0, 0.05) is 18.1 Å². The topological polar surface area (TPSA) is 116 Å². The van der Waals surface area contributed by atoms with E-state index < -0.39 is 27.4 Å². The van der Waals surface area contributed by atoms with Crippen molar-refractivity contribution in [1.82, 2.24) is 9.97 Å². The van der Waals surface area contributed by atoms with E-state index in [1.165, 1.54) is 6.20 Å². The highest BCUT2D eigenvalue weighted by Gasteiger charge is 2.28. The van der Waals surface area contributed by atoms with Gasteiger partial charge in [-0.15, -0.1) is 0 Å². The minimum absolute atomic E-state index is 0.224. The van der Waals surface area contributed by atoms with Gasteiger partial charge in [0.2, 0.25) is 0 Å². The number of aryl methyl sites for hydroxylation is 1. The quantitative estimate of drug-likeness (QED) is 0.419. The number of H-pyrrole nitrogens is 1. The van der Waals surface area contributed by atoms with Crippen LogP contribution in [0.1, 0.15) is 36.5 Å². The molecule has 8 nitrogen and oxygen atoms in total. The lowest BCUT2D eigenvalue weighted by atomic mass is 10.1. The Morgan fingerprint density at radius 1 is 1.44 bits per heavy atom. The molecular weight excluding hydrogens is 346 g/mol. The zero-order chi connectivity index (χ0) is 18.5. The van der Waals surface area contributed by atoms with E-state index in [1.807, 2.05) is 4.57 Å². The van der Waals surface area contributed by atoms with Gasteiger partial charge in [-0.2, -0.15) is 0 Å². The first-order valence-corrected chi connectivity index (χ1v) is 9.37. The number of aromatic nitrogens is 3. The Kier molecular flexibility index (Phi) is 5.91. The van der Waals surface area contributed by atoms with Gasteiger partial charge >= 0.3 is 5.97 Å². The largest absolute Gasteiger partial charge is 0.748 e. The van der Waals surface area contributed by atoms with Crippen LogP contribution >= 0.6 is 0 Å². The summed E-state index contributed by atoms with van der Waals surface area (Å²) >= 11 is 0. The molecule has 0 fully saturated rings. The lowest BCUT2D eigenvalue weighted by molar-refractivity contribution is -0.714. The van der Waals surface area contributed by atoms with Gasteiger partial charge in [0.25, 0.3) is 5.82 Å². The Balaban J connectivity index is 1.98. The van der Waals surface area contributed by atoms with Crippen molar-refractivity contribution in [1.29, 1.82) is 0 Å². The minimum Gasteiger partial charge on any atom is -0.748 e. The fourth-order valence-electron chi connectivity index (χ4n) is 2.41. The number of nitrogens with one attached hydrogen (secondary N) is 1. The summed E-state index contributed by atoms with van der Waals surface area (Å²) in [7, 11) is -4.22. The first-order valence-electron chi connectivity index (χ1n) is 7.79. The summed E-state index contributed by atoms with van der Waals surface area (Å²) < 4.78 is 39.5. The molecule has 9 heteroatoms. The molecule has 136 valence electrons. The van der Waals surface area contributed by atoms with Crippen LogP contribution in [0.2, 0.25) is 0 Å². The summed E-state index contributed by atoms with van der Waals surface area (Å²) in [6.45, 7) is 3.95. The predicted molar refractivity (Wildman–Crippen MR) is 87.6 cm³/mol. The van der Waals surface area contributed by atoms with Crippen LogP contribution < -0.4 is 4.57 Å². The third-order valence-corrected chi connectivity index (χ3v) is 4.27. The number of imidazole rings is 1. The molecule has 1 N–H and O–H groups in total. The van der Waals surface area contributed by atoms with Gasteiger partial charge < -0.3 is 9.29 Å². The summed E-state index contributed by atoms with van der Waals surface area (Å²) in [5.41, 5.74) is -0.422. The Labute approximate surface area is 146 Å². The molecule has 0 aliphatic rings. The second-order valence-electron chi connectivity index (χ2n) is 6.29. The number of hydrogen-bond donors (Lipinski definition) is 1. The maximum atomic E-state index is 12.2. The molecule has 2 rings (SSSR count). The van der Waals surface area contributed by atoms with Crippen LogP contribution in [0, 0.1) is 0 Å². The highest BCUT2D eigenvalue weighted by molar-refractivity contribution is 7.85. The summed E-state index contributed by atoms with van der Waals surface area (Å²) in [5.74, 6) is -0.117. The molecule has 0 spiro atoms. The standard InChI is InChI=1S/C16H21N3O5S/c1-16(2,24-15(20)13-5-3-7-17-11-13)12-19-9-8-18-14(19)6-4-10-25(21,22)23/h3,5,7-9,11H,4,6,10,12H2,1-2H3,(H,21,22,23). The Morgan fingerprint density at radius 3 is 2.84 bits per heavy atom. The van der Waals surface area contributed by atoms with Crippen molar-refractivity contribution in [2.75, 3.05) is 5.75 Å². The van der Waals surface area contributed by atoms with Crippen LogP contribution in [0.3, 0.4) is 0 Å². The van der Waals surface area contributed by atoms with Gasteiger partial charge in [-0.3, -0.25) is 4.98 Å². The van der Waals surface area contributed by atoms with Gasteiger partial charge in [-0.25, -0.2) is 22.8 Å². The smallest absolute Gasteiger partial charge is 0.340 e. The Morgan fingerprint density at radius 2 is 2.20 bits per heavy atom. The van der Waals surface area contributed by atoms with Crippen LogP contribution in [0.4, 0.5) is 0 Å². The van der Waals surface area contributed by atoms with Crippen molar-refractivity contribution < 1.29 is 27.1 Å². The molecule has 0 aromatic carbocycles. The third kappa shape index (κ3) is 6.28. The highest BCUT2D eigenvalue weighted by Crippen LogP contribution is 2.13.